The summed E-state index contributed by atoms with van der Waals surface area (Å²) in [6, 6.07) is 81.7. The van der Waals surface area contributed by atoms with Gasteiger partial charge in [0.15, 0.2) is 8.07 Å². The monoisotopic (exact) mass is 937 g/mol. The quantitative estimate of drug-likeness (QED) is 0.116. The lowest BCUT2D eigenvalue weighted by atomic mass is 9.33. The van der Waals surface area contributed by atoms with Gasteiger partial charge >= 0.3 is 0 Å². The van der Waals surface area contributed by atoms with E-state index in [1.54, 1.807) is 0 Å². The molecule has 9 aromatic rings. The first kappa shape index (κ1) is 46.3. The number of nitrogens with zero attached hydrogens (tertiary/aromatic N) is 2. The second kappa shape index (κ2) is 17.3. The van der Waals surface area contributed by atoms with Crippen molar-refractivity contribution in [2.24, 2.45) is 0 Å². The highest BCUT2D eigenvalue weighted by atomic mass is 28.3. The third-order valence-corrected chi connectivity index (χ3v) is 20.1. The van der Waals surface area contributed by atoms with Gasteiger partial charge in [-0.1, -0.05) is 232 Å². The predicted molar refractivity (Wildman–Crippen MR) is 310 cm³/mol. The minimum absolute atomic E-state index is 0.0166. The molecule has 4 heteroatoms. The zero-order valence-corrected chi connectivity index (χ0v) is 44.2. The summed E-state index contributed by atoms with van der Waals surface area (Å²) in [5, 5.41) is 5.44. The molecule has 0 fully saturated rings. The number of fused-ring (bicyclic) bond motifs is 4. The maximum atomic E-state index is 2.62. The number of hydrogen-bond acceptors (Lipinski definition) is 2. The van der Waals surface area contributed by atoms with Crippen LogP contribution < -0.4 is 46.9 Å². The molecule has 0 atom stereocenters. The third-order valence-electron chi connectivity index (χ3n) is 15.3. The molecule has 0 aromatic heterocycles. The largest absolute Gasteiger partial charge is 0.311 e. The Morgan fingerprint density at radius 1 is 0.352 bits per heavy atom. The normalized spacial score (nSPS) is 13.4. The van der Waals surface area contributed by atoms with E-state index in [0.29, 0.717) is 0 Å². The van der Waals surface area contributed by atoms with Crippen LogP contribution in [0.1, 0.15) is 84.6 Å². The van der Waals surface area contributed by atoms with E-state index in [0.717, 1.165) is 0 Å². The van der Waals surface area contributed by atoms with Crippen LogP contribution in [0, 0.1) is 6.92 Å². The maximum absolute atomic E-state index is 2.89. The highest BCUT2D eigenvalue weighted by Crippen LogP contribution is 2.47. The topological polar surface area (TPSA) is 6.48 Å². The van der Waals surface area contributed by atoms with Crippen molar-refractivity contribution >= 4 is 86.0 Å². The van der Waals surface area contributed by atoms with Crippen molar-refractivity contribution < 1.29 is 0 Å². The number of aryl methyl sites for hydroxylation is 1. The first-order valence-corrected chi connectivity index (χ1v) is 27.5. The van der Waals surface area contributed by atoms with E-state index in [9.17, 15) is 0 Å². The van der Waals surface area contributed by atoms with E-state index >= 15 is 0 Å². The summed E-state index contributed by atoms with van der Waals surface area (Å²) >= 11 is 0. The summed E-state index contributed by atoms with van der Waals surface area (Å²) in [7, 11) is -2.89. The minimum Gasteiger partial charge on any atom is -0.311 e. The maximum Gasteiger partial charge on any atom is 0.252 e. The smallest absolute Gasteiger partial charge is 0.252 e. The molecule has 2 nitrogen and oxygen atoms in total. The molecular formula is C67H65BN2Si. The van der Waals surface area contributed by atoms with Crippen molar-refractivity contribution in [3.8, 4) is 11.1 Å². The molecule has 0 bridgehead atoms. The van der Waals surface area contributed by atoms with Gasteiger partial charge in [-0.3, -0.25) is 0 Å². The van der Waals surface area contributed by atoms with Gasteiger partial charge < -0.3 is 9.80 Å². The molecular weight excluding hydrogens is 872 g/mol. The molecule has 71 heavy (non-hydrogen) atoms. The highest BCUT2D eigenvalue weighted by Gasteiger charge is 2.46. The molecule has 0 saturated heterocycles. The number of hydrogen-bond donors (Lipinski definition) is 0. The fourth-order valence-corrected chi connectivity index (χ4v) is 16.4. The number of para-hydroxylation sites is 1. The van der Waals surface area contributed by atoms with Crippen molar-refractivity contribution in [3.63, 3.8) is 0 Å². The van der Waals surface area contributed by atoms with Crippen LogP contribution in [0.5, 0.6) is 0 Å². The summed E-state index contributed by atoms with van der Waals surface area (Å²) in [5.41, 5.74) is 18.9. The highest BCUT2D eigenvalue weighted by molar-refractivity contribution is 7.20. The second-order valence-corrected chi connectivity index (χ2v) is 26.9. The molecule has 0 amide bonds. The molecule has 9 aromatic carbocycles. The Bertz CT molecular complexity index is 3320. The fourth-order valence-electron chi connectivity index (χ4n) is 11.6. The number of rotatable bonds is 7. The number of benzene rings is 9. The Morgan fingerprint density at radius 2 is 0.803 bits per heavy atom. The van der Waals surface area contributed by atoms with Crippen LogP contribution in [-0.2, 0) is 16.2 Å². The van der Waals surface area contributed by atoms with Gasteiger partial charge in [-0.15, -0.1) is 0 Å². The molecule has 0 spiro atoms. The SMILES string of the molecule is Cc1cc2c3c(c1)N(c1ccc([Si](c4ccccc4)(c4ccccc4)c4ccccc4)cc1-c1ccc(C(C)(C)C)cc1)c1ccccc1B3c1cc(C(C)(C)C)ccc1N2c1ccc(C(C)(C)C)cc1. The molecule has 0 unspecified atom stereocenters. The molecule has 0 saturated carbocycles. The summed E-state index contributed by atoms with van der Waals surface area (Å²) in [6.45, 7) is 23.1. The average Bonchev–Trinajstić information content (AvgIpc) is 3.37. The van der Waals surface area contributed by atoms with Gasteiger partial charge in [0.25, 0.3) is 6.71 Å². The van der Waals surface area contributed by atoms with E-state index < -0.39 is 8.07 Å². The third kappa shape index (κ3) is 7.88. The second-order valence-electron chi connectivity index (χ2n) is 23.1. The van der Waals surface area contributed by atoms with Crippen molar-refractivity contribution in [1.82, 2.24) is 0 Å². The molecule has 2 aliphatic rings. The minimum atomic E-state index is -2.89. The Balaban J connectivity index is 1.22. The molecule has 11 rings (SSSR count). The van der Waals surface area contributed by atoms with Gasteiger partial charge in [-0.25, -0.2) is 0 Å². The van der Waals surface area contributed by atoms with Crippen molar-refractivity contribution in [1.29, 1.82) is 0 Å². The lowest BCUT2D eigenvalue weighted by molar-refractivity contribution is 0.590. The number of anilines is 6. The fraction of sp³-hybridized carbons (Fsp3) is 0.194. The van der Waals surface area contributed by atoms with E-state index in [4.69, 9.17) is 0 Å². The first-order valence-electron chi connectivity index (χ1n) is 25.5. The van der Waals surface area contributed by atoms with Gasteiger partial charge in [0.1, 0.15) is 0 Å². The summed E-state index contributed by atoms with van der Waals surface area (Å²) in [5.74, 6) is 0. The van der Waals surface area contributed by atoms with Crippen molar-refractivity contribution in [2.75, 3.05) is 9.80 Å². The summed E-state index contributed by atoms with van der Waals surface area (Å²) in [6.07, 6.45) is 0. The van der Waals surface area contributed by atoms with Crippen LogP contribution in [0.3, 0.4) is 0 Å². The van der Waals surface area contributed by atoms with Crippen LogP contribution in [-0.4, -0.2) is 14.8 Å². The zero-order chi connectivity index (χ0) is 49.5. The molecule has 0 aliphatic carbocycles. The molecule has 0 N–H and O–H groups in total. The van der Waals surface area contributed by atoms with Crippen LogP contribution >= 0.6 is 0 Å². The van der Waals surface area contributed by atoms with E-state index in [1.165, 1.54) is 105 Å². The van der Waals surface area contributed by atoms with E-state index in [2.05, 4.69) is 291 Å². The standard InChI is InChI=1S/C67H65BN2Si/c1-46-42-62-64-63(43-46)70(60-29-21-20-28-57(60)68(64)58-44-50(67(8,9)10)36-40-61(58)69(62)51-37-34-49(35-38-51)66(5,6)7)59-41-39-55(45-56(59)47-30-32-48(33-31-47)65(2,3)4)71(52-22-14-11-15-23-52,53-24-16-12-17-25-53)54-26-18-13-19-27-54/h11-45H,1-10H3. The Morgan fingerprint density at radius 3 is 1.34 bits per heavy atom. The van der Waals surface area contributed by atoms with Crippen molar-refractivity contribution in [2.45, 2.75) is 85.5 Å². The van der Waals surface area contributed by atoms with Crippen LogP contribution in [0.2, 0.25) is 0 Å². The van der Waals surface area contributed by atoms with Gasteiger partial charge in [0, 0.05) is 34.0 Å². The van der Waals surface area contributed by atoms with Gasteiger partial charge in [-0.05, 0) is 131 Å². The van der Waals surface area contributed by atoms with E-state index in [-0.39, 0.29) is 23.0 Å². The van der Waals surface area contributed by atoms with Crippen LogP contribution in [0.4, 0.5) is 34.1 Å². The predicted octanol–water partition coefficient (Wildman–Crippen LogP) is 13.0. The molecule has 2 heterocycles. The van der Waals surface area contributed by atoms with Crippen molar-refractivity contribution in [3.05, 3.63) is 235 Å². The Kier molecular flexibility index (Phi) is 11.3. The molecule has 350 valence electrons. The van der Waals surface area contributed by atoms with Crippen LogP contribution in [0.15, 0.2) is 212 Å². The molecule has 0 radical (unpaired) electrons. The first-order chi connectivity index (χ1) is 34.0. The Labute approximate surface area is 424 Å². The Hall–Kier alpha value is -7.14. The summed E-state index contributed by atoms with van der Waals surface area (Å²) < 4.78 is 0. The average molecular weight is 937 g/mol. The van der Waals surface area contributed by atoms with E-state index in [1.807, 2.05) is 0 Å². The lowest BCUT2D eigenvalue weighted by Crippen LogP contribution is -2.74. The summed E-state index contributed by atoms with van der Waals surface area (Å²) in [4.78, 5) is 5.17. The van der Waals surface area contributed by atoms with Gasteiger partial charge in [0.05, 0.1) is 5.69 Å². The van der Waals surface area contributed by atoms with Crippen LogP contribution in [0.25, 0.3) is 11.1 Å². The molecule has 2 aliphatic heterocycles. The van der Waals surface area contributed by atoms with Gasteiger partial charge in [-0.2, -0.15) is 0 Å². The van der Waals surface area contributed by atoms with Gasteiger partial charge in [0.2, 0.25) is 0 Å². The zero-order valence-electron chi connectivity index (χ0n) is 43.2. The lowest BCUT2D eigenvalue weighted by Gasteiger charge is -2.45.